The summed E-state index contributed by atoms with van der Waals surface area (Å²) in [5.74, 6) is -0.345. The van der Waals surface area contributed by atoms with Gasteiger partial charge in [0, 0.05) is 37.1 Å². The van der Waals surface area contributed by atoms with Gasteiger partial charge in [-0.25, -0.2) is 4.68 Å². The molecule has 0 bridgehead atoms. The number of nitrogens with zero attached hydrogens (tertiary/aromatic N) is 3. The van der Waals surface area contributed by atoms with E-state index in [4.69, 9.17) is 0 Å². The summed E-state index contributed by atoms with van der Waals surface area (Å²) < 4.78 is 1.33. The molecule has 0 aliphatic rings. The van der Waals surface area contributed by atoms with E-state index in [0.29, 0.717) is 12.2 Å². The maximum Gasteiger partial charge on any atom is 0.275 e. The summed E-state index contributed by atoms with van der Waals surface area (Å²) in [7, 11) is 1.93. The molecular formula is C24H33N5O2. The second-order valence-corrected chi connectivity index (χ2v) is 7.62. The fraction of sp³-hybridized carbons (Fsp3) is 0.375. The average molecular weight is 424 g/mol. The number of benzene rings is 1. The lowest BCUT2D eigenvalue weighted by molar-refractivity contribution is 0.0958. The number of nitrogens with one attached hydrogen (secondary N) is 2. The highest BCUT2D eigenvalue weighted by atomic mass is 16.2. The lowest BCUT2D eigenvalue weighted by Gasteiger charge is -2.23. The summed E-state index contributed by atoms with van der Waals surface area (Å²) in [5.41, 5.74) is 3.84. The van der Waals surface area contributed by atoms with E-state index in [1.54, 1.807) is 0 Å². The fourth-order valence-corrected chi connectivity index (χ4v) is 3.00. The smallest absolute Gasteiger partial charge is 0.275 e. The molecule has 1 amide bonds. The summed E-state index contributed by atoms with van der Waals surface area (Å²) in [5, 5.41) is 10.3. The lowest BCUT2D eigenvalue weighted by Crippen LogP contribution is -2.31. The zero-order valence-corrected chi connectivity index (χ0v) is 19.1. The molecule has 0 atom stereocenters. The van der Waals surface area contributed by atoms with Crippen LogP contribution in [0.25, 0.3) is 0 Å². The largest absolute Gasteiger partial charge is 0.371 e. The number of anilines is 1. The van der Waals surface area contributed by atoms with E-state index in [-0.39, 0.29) is 17.2 Å². The third kappa shape index (κ3) is 7.53. The van der Waals surface area contributed by atoms with E-state index in [0.717, 1.165) is 36.5 Å². The highest BCUT2D eigenvalue weighted by Gasteiger charge is 2.11. The predicted octanol–water partition coefficient (Wildman–Crippen LogP) is 2.94. The molecular weight excluding hydrogens is 390 g/mol. The van der Waals surface area contributed by atoms with E-state index in [1.165, 1.54) is 16.8 Å². The Morgan fingerprint density at radius 2 is 1.94 bits per heavy atom. The quantitative estimate of drug-likeness (QED) is 0.575. The monoisotopic (exact) mass is 423 g/mol. The molecule has 0 aliphatic carbocycles. The van der Waals surface area contributed by atoms with Gasteiger partial charge in [-0.05, 0) is 64.6 Å². The summed E-state index contributed by atoms with van der Waals surface area (Å²) in [4.78, 5) is 27.1. The van der Waals surface area contributed by atoms with Crippen LogP contribution in [0.4, 0.5) is 5.69 Å². The number of allylic oxidation sites excluding steroid dienone is 4. The summed E-state index contributed by atoms with van der Waals surface area (Å²) >= 11 is 0. The van der Waals surface area contributed by atoms with E-state index in [1.807, 2.05) is 52.1 Å². The van der Waals surface area contributed by atoms with Crippen molar-refractivity contribution in [3.8, 4) is 0 Å². The Balaban J connectivity index is 2.20. The van der Waals surface area contributed by atoms with Crippen LogP contribution >= 0.6 is 0 Å². The molecule has 0 radical (unpaired) electrons. The molecule has 0 saturated heterocycles. The molecule has 7 heteroatoms. The van der Waals surface area contributed by atoms with Gasteiger partial charge in [-0.15, -0.1) is 0 Å². The third-order valence-electron chi connectivity index (χ3n) is 4.70. The van der Waals surface area contributed by atoms with Crippen LogP contribution in [0, 0.1) is 0 Å². The van der Waals surface area contributed by atoms with Crippen LogP contribution in [0.15, 0.2) is 64.6 Å². The molecule has 2 aromatic rings. The molecule has 1 aromatic carbocycles. The Kier molecular flexibility index (Phi) is 9.21. The van der Waals surface area contributed by atoms with Crippen LogP contribution in [0.2, 0.25) is 0 Å². The summed E-state index contributed by atoms with van der Waals surface area (Å²) in [6, 6.07) is 10.9. The van der Waals surface area contributed by atoms with Crippen LogP contribution < -0.4 is 21.1 Å². The van der Waals surface area contributed by atoms with Crippen molar-refractivity contribution in [2.24, 2.45) is 0 Å². The van der Waals surface area contributed by atoms with Crippen LogP contribution in [0.3, 0.4) is 0 Å². The number of likely N-dealkylation sites (N-methyl/N-ethyl adjacent to an activating group) is 2. The Hall–Kier alpha value is -3.19. The van der Waals surface area contributed by atoms with Gasteiger partial charge < -0.3 is 15.5 Å². The first-order valence-corrected chi connectivity index (χ1v) is 10.5. The minimum absolute atomic E-state index is 0.199. The van der Waals surface area contributed by atoms with Gasteiger partial charge >= 0.3 is 0 Å². The molecule has 0 spiro atoms. The number of rotatable bonds is 10. The molecule has 31 heavy (non-hydrogen) atoms. The second kappa shape index (κ2) is 11.9. The number of carbonyl (C=O) groups excluding carboxylic acids is 1. The topological polar surface area (TPSA) is 79.3 Å². The van der Waals surface area contributed by atoms with Crippen molar-refractivity contribution in [1.29, 1.82) is 0 Å². The first kappa shape index (κ1) is 24.1. The number of carbonyl (C=O) groups is 1. The van der Waals surface area contributed by atoms with E-state index < -0.39 is 0 Å². The Labute approximate surface area is 184 Å². The van der Waals surface area contributed by atoms with Crippen LogP contribution in [0.1, 0.15) is 43.7 Å². The van der Waals surface area contributed by atoms with E-state index in [9.17, 15) is 9.59 Å². The van der Waals surface area contributed by atoms with Crippen LogP contribution in [-0.4, -0.2) is 42.4 Å². The average Bonchev–Trinajstić information content (AvgIpc) is 2.74. The first-order chi connectivity index (χ1) is 14.8. The second-order valence-electron chi connectivity index (χ2n) is 7.62. The fourth-order valence-electron chi connectivity index (χ4n) is 3.00. The van der Waals surface area contributed by atoms with Crippen LogP contribution in [0.5, 0.6) is 0 Å². The van der Waals surface area contributed by atoms with Gasteiger partial charge in [-0.1, -0.05) is 23.8 Å². The minimum atomic E-state index is -0.345. The van der Waals surface area contributed by atoms with Crippen molar-refractivity contribution in [1.82, 2.24) is 20.4 Å². The maximum atomic E-state index is 12.5. The van der Waals surface area contributed by atoms with Gasteiger partial charge in [0.2, 0.25) is 0 Å². The van der Waals surface area contributed by atoms with Crippen LogP contribution in [-0.2, 0) is 6.54 Å². The molecule has 0 aliphatic heterocycles. The van der Waals surface area contributed by atoms with Crippen molar-refractivity contribution in [3.63, 3.8) is 0 Å². The maximum absolute atomic E-state index is 12.5. The van der Waals surface area contributed by atoms with Crippen molar-refractivity contribution >= 4 is 11.6 Å². The molecule has 1 heterocycles. The van der Waals surface area contributed by atoms with Gasteiger partial charge in [-0.3, -0.25) is 9.59 Å². The minimum Gasteiger partial charge on any atom is -0.371 e. The van der Waals surface area contributed by atoms with Gasteiger partial charge in [0.1, 0.15) is 5.69 Å². The van der Waals surface area contributed by atoms with Crippen molar-refractivity contribution < 1.29 is 4.79 Å². The molecule has 0 fully saturated rings. The lowest BCUT2D eigenvalue weighted by atomic mass is 10.2. The highest BCUT2D eigenvalue weighted by molar-refractivity contribution is 5.93. The summed E-state index contributed by atoms with van der Waals surface area (Å²) in [6.45, 7) is 10.9. The van der Waals surface area contributed by atoms with E-state index in [2.05, 4.69) is 39.7 Å². The zero-order valence-electron chi connectivity index (χ0n) is 19.1. The molecule has 1 aromatic heterocycles. The summed E-state index contributed by atoms with van der Waals surface area (Å²) in [6.07, 6.45) is 3.76. The van der Waals surface area contributed by atoms with Crippen molar-refractivity contribution in [3.05, 3.63) is 81.4 Å². The van der Waals surface area contributed by atoms with Crippen molar-refractivity contribution in [2.75, 3.05) is 31.6 Å². The first-order valence-electron chi connectivity index (χ1n) is 10.5. The molecule has 0 unspecified atom stereocenters. The van der Waals surface area contributed by atoms with E-state index >= 15 is 0 Å². The molecule has 7 nitrogen and oxygen atoms in total. The molecule has 166 valence electrons. The molecule has 2 rings (SSSR count). The molecule has 0 saturated carbocycles. The van der Waals surface area contributed by atoms with Gasteiger partial charge in [0.15, 0.2) is 0 Å². The third-order valence-corrected chi connectivity index (χ3v) is 4.70. The standard InChI is InChI=1S/C24H33N5O2/c1-6-28(15-14-25-5)21-9-7-8-20(16-21)17-29-23(30)13-12-22(27-29)24(31)26-19(4)11-10-18(2)3/h7-13,16,25H,6,14-15,17H2,1-5H3,(H,26,31). The highest BCUT2D eigenvalue weighted by Crippen LogP contribution is 2.16. The van der Waals surface area contributed by atoms with Gasteiger partial charge in [0.25, 0.3) is 11.5 Å². The number of hydrogen-bond acceptors (Lipinski definition) is 5. The van der Waals surface area contributed by atoms with Gasteiger partial charge in [0.05, 0.1) is 6.54 Å². The predicted molar refractivity (Wildman–Crippen MR) is 127 cm³/mol. The Morgan fingerprint density at radius 3 is 2.61 bits per heavy atom. The SMILES string of the molecule is CCN(CCNC)c1cccc(Cn2nc(C(=O)NC(C)=CC=C(C)C)ccc2=O)c1. The number of hydrogen-bond donors (Lipinski definition) is 2. The number of amides is 1. The zero-order chi connectivity index (χ0) is 22.8. The normalized spacial score (nSPS) is 11.2. The van der Waals surface area contributed by atoms with Gasteiger partial charge in [-0.2, -0.15) is 5.10 Å². The molecule has 2 N–H and O–H groups in total. The Morgan fingerprint density at radius 1 is 1.16 bits per heavy atom. The van der Waals surface area contributed by atoms with Crippen molar-refractivity contribution in [2.45, 2.75) is 34.2 Å². The number of aromatic nitrogens is 2. The Bertz CT molecular complexity index is 1000.